The standard InChI is InChI=1S/C8H9N3/c1-5-2-6-3-10-4-7(6)8(9)11-5/h2-4,10H,1H3,(H2,9,11). The highest BCUT2D eigenvalue weighted by Crippen LogP contribution is 2.18. The molecule has 3 heteroatoms. The number of pyridine rings is 1. The molecule has 0 unspecified atom stereocenters. The second-order valence-electron chi connectivity index (χ2n) is 2.61. The molecule has 56 valence electrons. The van der Waals surface area contributed by atoms with Gasteiger partial charge in [-0.3, -0.25) is 0 Å². The number of hydrogen-bond donors (Lipinski definition) is 2. The zero-order valence-electron chi connectivity index (χ0n) is 6.26. The molecule has 2 aromatic rings. The molecule has 0 fully saturated rings. The van der Waals surface area contributed by atoms with Crippen LogP contribution in [0.25, 0.3) is 10.8 Å². The van der Waals surface area contributed by atoms with Crippen LogP contribution in [-0.2, 0) is 0 Å². The first-order chi connectivity index (χ1) is 5.27. The molecule has 0 bridgehead atoms. The first kappa shape index (κ1) is 6.22. The average Bonchev–Trinajstić information content (AvgIpc) is 2.34. The average molecular weight is 147 g/mol. The van der Waals surface area contributed by atoms with Crippen LogP contribution in [0.15, 0.2) is 18.5 Å². The van der Waals surface area contributed by atoms with Crippen LogP contribution in [0.3, 0.4) is 0 Å². The molecule has 0 spiro atoms. The molecule has 0 saturated heterocycles. The van der Waals surface area contributed by atoms with Crippen LogP contribution >= 0.6 is 0 Å². The summed E-state index contributed by atoms with van der Waals surface area (Å²) < 4.78 is 0. The van der Waals surface area contributed by atoms with Gasteiger partial charge in [-0.25, -0.2) is 4.98 Å². The van der Waals surface area contributed by atoms with Crippen molar-refractivity contribution in [2.75, 3.05) is 5.73 Å². The van der Waals surface area contributed by atoms with Crippen molar-refractivity contribution in [3.8, 4) is 0 Å². The molecular weight excluding hydrogens is 138 g/mol. The van der Waals surface area contributed by atoms with Gasteiger partial charge in [0.2, 0.25) is 0 Å². The van der Waals surface area contributed by atoms with Crippen LogP contribution in [0.1, 0.15) is 5.69 Å². The van der Waals surface area contributed by atoms with Crippen molar-refractivity contribution in [3.05, 3.63) is 24.2 Å². The van der Waals surface area contributed by atoms with E-state index in [1.165, 1.54) is 0 Å². The predicted octanol–water partition coefficient (Wildman–Crippen LogP) is 1.45. The summed E-state index contributed by atoms with van der Waals surface area (Å²) in [6, 6.07) is 2.00. The Kier molecular flexibility index (Phi) is 1.12. The zero-order valence-corrected chi connectivity index (χ0v) is 6.26. The van der Waals surface area contributed by atoms with Gasteiger partial charge in [-0.15, -0.1) is 0 Å². The molecule has 0 aliphatic rings. The second-order valence-corrected chi connectivity index (χ2v) is 2.61. The van der Waals surface area contributed by atoms with Crippen molar-refractivity contribution < 1.29 is 0 Å². The Morgan fingerprint density at radius 2 is 2.27 bits per heavy atom. The lowest BCUT2D eigenvalue weighted by atomic mass is 10.2. The molecule has 11 heavy (non-hydrogen) atoms. The number of nitrogens with zero attached hydrogens (tertiary/aromatic N) is 1. The Morgan fingerprint density at radius 1 is 1.45 bits per heavy atom. The van der Waals surface area contributed by atoms with E-state index < -0.39 is 0 Å². The first-order valence-corrected chi connectivity index (χ1v) is 3.47. The van der Waals surface area contributed by atoms with Crippen molar-refractivity contribution in [2.45, 2.75) is 6.92 Å². The first-order valence-electron chi connectivity index (χ1n) is 3.47. The Balaban J connectivity index is 2.91. The highest BCUT2D eigenvalue weighted by Gasteiger charge is 1.99. The Morgan fingerprint density at radius 3 is 3.09 bits per heavy atom. The molecule has 0 amide bonds. The number of nitrogens with one attached hydrogen (secondary N) is 1. The number of rotatable bonds is 0. The van der Waals surface area contributed by atoms with Gasteiger partial charge >= 0.3 is 0 Å². The van der Waals surface area contributed by atoms with E-state index in [-0.39, 0.29) is 0 Å². The fourth-order valence-corrected chi connectivity index (χ4v) is 1.22. The predicted molar refractivity (Wildman–Crippen MR) is 45.2 cm³/mol. The molecule has 2 rings (SSSR count). The van der Waals surface area contributed by atoms with E-state index in [9.17, 15) is 0 Å². The summed E-state index contributed by atoms with van der Waals surface area (Å²) in [5.74, 6) is 0.598. The van der Waals surface area contributed by atoms with Crippen LogP contribution in [0.4, 0.5) is 5.82 Å². The number of nitrogens with two attached hydrogens (primary N) is 1. The van der Waals surface area contributed by atoms with E-state index >= 15 is 0 Å². The topological polar surface area (TPSA) is 54.7 Å². The van der Waals surface area contributed by atoms with Crippen molar-refractivity contribution in [2.24, 2.45) is 0 Å². The SMILES string of the molecule is Cc1cc2c[nH]cc2c(N)n1. The van der Waals surface area contributed by atoms with Gasteiger partial charge in [0, 0.05) is 28.9 Å². The summed E-state index contributed by atoms with van der Waals surface area (Å²) in [5, 5.41) is 2.12. The minimum atomic E-state index is 0.598. The number of anilines is 1. The summed E-state index contributed by atoms with van der Waals surface area (Å²) >= 11 is 0. The van der Waals surface area contributed by atoms with Gasteiger partial charge in [0.05, 0.1) is 0 Å². The fourth-order valence-electron chi connectivity index (χ4n) is 1.22. The Bertz CT molecular complexity index is 389. The van der Waals surface area contributed by atoms with E-state index in [0.717, 1.165) is 16.5 Å². The summed E-state index contributed by atoms with van der Waals surface area (Å²) in [6.07, 6.45) is 3.78. The number of hydrogen-bond acceptors (Lipinski definition) is 2. The molecule has 0 saturated carbocycles. The lowest BCUT2D eigenvalue weighted by molar-refractivity contribution is 1.23. The van der Waals surface area contributed by atoms with Crippen LogP contribution < -0.4 is 5.73 Å². The monoisotopic (exact) mass is 147 g/mol. The third kappa shape index (κ3) is 0.852. The van der Waals surface area contributed by atoms with Gasteiger partial charge < -0.3 is 10.7 Å². The van der Waals surface area contributed by atoms with Gasteiger partial charge in [-0.2, -0.15) is 0 Å². The molecule has 0 aliphatic carbocycles. The second kappa shape index (κ2) is 1.99. The number of aromatic nitrogens is 2. The van der Waals surface area contributed by atoms with Crippen molar-refractivity contribution in [3.63, 3.8) is 0 Å². The van der Waals surface area contributed by atoms with E-state index in [1.807, 2.05) is 25.4 Å². The largest absolute Gasteiger partial charge is 0.383 e. The third-order valence-corrected chi connectivity index (χ3v) is 1.71. The smallest absolute Gasteiger partial charge is 0.133 e. The lowest BCUT2D eigenvalue weighted by Gasteiger charge is -1.96. The van der Waals surface area contributed by atoms with E-state index in [2.05, 4.69) is 9.97 Å². The summed E-state index contributed by atoms with van der Waals surface area (Å²) in [7, 11) is 0. The molecular formula is C8H9N3. The maximum absolute atomic E-state index is 5.67. The molecule has 3 N–H and O–H groups in total. The van der Waals surface area contributed by atoms with Crippen LogP contribution in [-0.4, -0.2) is 9.97 Å². The molecule has 0 aliphatic heterocycles. The third-order valence-electron chi connectivity index (χ3n) is 1.71. The van der Waals surface area contributed by atoms with Gasteiger partial charge in [-0.1, -0.05) is 0 Å². The molecule has 3 nitrogen and oxygen atoms in total. The summed E-state index contributed by atoms with van der Waals surface area (Å²) in [5.41, 5.74) is 6.62. The minimum Gasteiger partial charge on any atom is -0.383 e. The van der Waals surface area contributed by atoms with Crippen molar-refractivity contribution in [1.82, 2.24) is 9.97 Å². The molecule has 2 heterocycles. The van der Waals surface area contributed by atoms with Gasteiger partial charge in [0.25, 0.3) is 0 Å². The van der Waals surface area contributed by atoms with Crippen LogP contribution in [0.2, 0.25) is 0 Å². The van der Waals surface area contributed by atoms with Gasteiger partial charge in [-0.05, 0) is 13.0 Å². The van der Waals surface area contributed by atoms with Gasteiger partial charge in [0.15, 0.2) is 0 Å². The van der Waals surface area contributed by atoms with Crippen LogP contribution in [0.5, 0.6) is 0 Å². The normalized spacial score (nSPS) is 10.6. The Hall–Kier alpha value is -1.51. The lowest BCUT2D eigenvalue weighted by Crippen LogP contribution is -1.91. The van der Waals surface area contributed by atoms with Crippen molar-refractivity contribution in [1.29, 1.82) is 0 Å². The summed E-state index contributed by atoms with van der Waals surface area (Å²) in [4.78, 5) is 7.12. The quantitative estimate of drug-likeness (QED) is 0.592. The Labute approximate surface area is 64.2 Å². The fraction of sp³-hybridized carbons (Fsp3) is 0.125. The molecule has 0 atom stereocenters. The van der Waals surface area contributed by atoms with E-state index in [1.54, 1.807) is 0 Å². The number of aromatic amines is 1. The molecule has 0 radical (unpaired) electrons. The highest BCUT2D eigenvalue weighted by atomic mass is 14.8. The number of nitrogen functional groups attached to an aromatic ring is 1. The summed E-state index contributed by atoms with van der Waals surface area (Å²) in [6.45, 7) is 1.93. The van der Waals surface area contributed by atoms with Crippen LogP contribution in [0, 0.1) is 6.92 Å². The highest BCUT2D eigenvalue weighted by molar-refractivity contribution is 5.90. The number of aryl methyl sites for hydroxylation is 1. The molecule has 0 aromatic carbocycles. The zero-order chi connectivity index (χ0) is 7.84. The maximum Gasteiger partial charge on any atom is 0.133 e. The maximum atomic E-state index is 5.67. The van der Waals surface area contributed by atoms with Crippen molar-refractivity contribution >= 4 is 16.6 Å². The van der Waals surface area contributed by atoms with E-state index in [0.29, 0.717) is 5.82 Å². The molecule has 2 aromatic heterocycles. The minimum absolute atomic E-state index is 0.598. The number of fused-ring (bicyclic) bond motifs is 1. The van der Waals surface area contributed by atoms with E-state index in [4.69, 9.17) is 5.73 Å². The number of H-pyrrole nitrogens is 1. The van der Waals surface area contributed by atoms with Gasteiger partial charge in [0.1, 0.15) is 5.82 Å².